The van der Waals surface area contributed by atoms with Crippen molar-refractivity contribution in [2.75, 3.05) is 6.61 Å². The van der Waals surface area contributed by atoms with Crippen molar-refractivity contribution < 1.29 is 9.84 Å². The molecule has 1 aromatic carbocycles. The zero-order valence-corrected chi connectivity index (χ0v) is 13.4. The molecule has 0 aromatic heterocycles. The van der Waals surface area contributed by atoms with Gasteiger partial charge in [-0.1, -0.05) is 37.9 Å². The van der Waals surface area contributed by atoms with Crippen molar-refractivity contribution in [1.82, 2.24) is 0 Å². The standard InChI is InChI=1S/C14H18Br2O2/c15-10-6-7-12(13(16)9-10)14(17)5-1-3-11-4-2-8-18-11/h6-7,9,11,14,17H,1-5,8H2. The van der Waals surface area contributed by atoms with Crippen LogP contribution in [0, 0.1) is 0 Å². The fraction of sp³-hybridized carbons (Fsp3) is 0.571. The van der Waals surface area contributed by atoms with Gasteiger partial charge in [-0.25, -0.2) is 0 Å². The van der Waals surface area contributed by atoms with E-state index in [1.165, 1.54) is 12.8 Å². The lowest BCUT2D eigenvalue weighted by Gasteiger charge is -2.14. The average Bonchev–Trinajstić information content (AvgIpc) is 2.81. The molecule has 1 saturated heterocycles. The minimum atomic E-state index is -0.395. The largest absolute Gasteiger partial charge is 0.388 e. The van der Waals surface area contributed by atoms with E-state index in [1.807, 2.05) is 18.2 Å². The van der Waals surface area contributed by atoms with E-state index in [1.54, 1.807) is 0 Å². The molecular formula is C14H18Br2O2. The van der Waals surface area contributed by atoms with Crippen molar-refractivity contribution in [1.29, 1.82) is 0 Å². The Morgan fingerprint density at radius 1 is 1.39 bits per heavy atom. The van der Waals surface area contributed by atoms with Gasteiger partial charge in [0.05, 0.1) is 12.2 Å². The summed E-state index contributed by atoms with van der Waals surface area (Å²) in [5.74, 6) is 0. The molecule has 1 aliphatic rings. The topological polar surface area (TPSA) is 29.5 Å². The van der Waals surface area contributed by atoms with Crippen LogP contribution in [0.2, 0.25) is 0 Å². The Morgan fingerprint density at radius 2 is 2.22 bits per heavy atom. The molecule has 0 bridgehead atoms. The maximum absolute atomic E-state index is 10.2. The first-order valence-corrected chi connectivity index (χ1v) is 8.00. The molecular weight excluding hydrogens is 360 g/mol. The van der Waals surface area contributed by atoms with Crippen LogP contribution in [0.5, 0.6) is 0 Å². The normalized spacial score (nSPS) is 21.2. The summed E-state index contributed by atoms with van der Waals surface area (Å²) in [6.45, 7) is 0.908. The monoisotopic (exact) mass is 376 g/mol. The Morgan fingerprint density at radius 3 is 2.89 bits per heavy atom. The maximum Gasteiger partial charge on any atom is 0.0801 e. The summed E-state index contributed by atoms with van der Waals surface area (Å²) in [7, 11) is 0. The lowest BCUT2D eigenvalue weighted by atomic mass is 10.0. The van der Waals surface area contributed by atoms with Crippen LogP contribution in [0.25, 0.3) is 0 Å². The summed E-state index contributed by atoms with van der Waals surface area (Å²) >= 11 is 6.91. The second-order valence-corrected chi connectivity index (χ2v) is 6.52. The predicted molar refractivity (Wildman–Crippen MR) is 79.6 cm³/mol. The molecule has 1 aliphatic heterocycles. The fourth-order valence-electron chi connectivity index (χ4n) is 2.34. The summed E-state index contributed by atoms with van der Waals surface area (Å²) in [4.78, 5) is 0. The number of benzene rings is 1. The van der Waals surface area contributed by atoms with Crippen molar-refractivity contribution in [3.8, 4) is 0 Å². The number of hydrogen-bond donors (Lipinski definition) is 1. The quantitative estimate of drug-likeness (QED) is 0.812. The minimum Gasteiger partial charge on any atom is -0.388 e. The van der Waals surface area contributed by atoms with Gasteiger partial charge in [0.2, 0.25) is 0 Å². The molecule has 4 heteroatoms. The highest BCUT2D eigenvalue weighted by atomic mass is 79.9. The molecule has 100 valence electrons. The molecule has 0 aliphatic carbocycles. The Balaban J connectivity index is 1.81. The van der Waals surface area contributed by atoms with Gasteiger partial charge < -0.3 is 9.84 Å². The van der Waals surface area contributed by atoms with Crippen molar-refractivity contribution in [2.24, 2.45) is 0 Å². The Hall–Kier alpha value is 0.1000. The molecule has 2 unspecified atom stereocenters. The number of rotatable bonds is 5. The van der Waals surface area contributed by atoms with Crippen LogP contribution in [0.1, 0.15) is 43.8 Å². The highest BCUT2D eigenvalue weighted by Crippen LogP contribution is 2.30. The third-order valence-electron chi connectivity index (χ3n) is 3.35. The lowest BCUT2D eigenvalue weighted by molar-refractivity contribution is 0.0944. The van der Waals surface area contributed by atoms with Crippen molar-refractivity contribution in [3.63, 3.8) is 0 Å². The lowest BCUT2D eigenvalue weighted by Crippen LogP contribution is -2.06. The molecule has 0 spiro atoms. The van der Waals surface area contributed by atoms with E-state index < -0.39 is 6.10 Å². The maximum atomic E-state index is 10.2. The Labute approximate surface area is 125 Å². The highest BCUT2D eigenvalue weighted by Gasteiger charge is 2.17. The Bertz CT molecular complexity index is 389. The number of hydrogen-bond acceptors (Lipinski definition) is 2. The van der Waals surface area contributed by atoms with Crippen molar-refractivity contribution in [3.05, 3.63) is 32.7 Å². The molecule has 1 heterocycles. The van der Waals surface area contributed by atoms with Crippen LogP contribution in [0.3, 0.4) is 0 Å². The van der Waals surface area contributed by atoms with Crippen molar-refractivity contribution in [2.45, 2.75) is 44.3 Å². The summed E-state index contributed by atoms with van der Waals surface area (Å²) in [5.41, 5.74) is 0.963. The first-order valence-electron chi connectivity index (χ1n) is 6.41. The van der Waals surface area contributed by atoms with Gasteiger partial charge in [0.15, 0.2) is 0 Å². The van der Waals surface area contributed by atoms with E-state index in [2.05, 4.69) is 31.9 Å². The van der Waals surface area contributed by atoms with Gasteiger partial charge in [0.25, 0.3) is 0 Å². The molecule has 1 fully saturated rings. The number of aliphatic hydroxyl groups excluding tert-OH is 1. The van der Waals surface area contributed by atoms with Crippen LogP contribution in [0.4, 0.5) is 0 Å². The first kappa shape index (κ1) is 14.5. The zero-order valence-electron chi connectivity index (χ0n) is 10.2. The number of aliphatic hydroxyl groups is 1. The third kappa shape index (κ3) is 4.05. The molecule has 2 rings (SSSR count). The van der Waals surface area contributed by atoms with Crippen LogP contribution in [-0.2, 0) is 4.74 Å². The van der Waals surface area contributed by atoms with Gasteiger partial charge >= 0.3 is 0 Å². The average molecular weight is 378 g/mol. The number of ether oxygens (including phenoxy) is 1. The Kier molecular flexibility index (Phi) is 5.67. The fourth-order valence-corrected chi connectivity index (χ4v) is 3.65. The van der Waals surface area contributed by atoms with E-state index in [9.17, 15) is 5.11 Å². The number of halogens is 2. The van der Waals surface area contributed by atoms with Gasteiger partial charge in [-0.15, -0.1) is 0 Å². The molecule has 0 radical (unpaired) electrons. The third-order valence-corrected chi connectivity index (χ3v) is 4.53. The summed E-state index contributed by atoms with van der Waals surface area (Å²) in [5, 5.41) is 10.2. The van der Waals surface area contributed by atoms with Gasteiger partial charge in [-0.05, 0) is 49.8 Å². The van der Waals surface area contributed by atoms with Gasteiger partial charge in [0, 0.05) is 15.6 Å². The molecule has 18 heavy (non-hydrogen) atoms. The first-order chi connectivity index (χ1) is 8.66. The second kappa shape index (κ2) is 7.04. The van der Waals surface area contributed by atoms with Gasteiger partial charge in [0.1, 0.15) is 0 Å². The zero-order chi connectivity index (χ0) is 13.0. The molecule has 2 nitrogen and oxygen atoms in total. The summed E-state index contributed by atoms with van der Waals surface area (Å²) in [6.07, 6.45) is 5.25. The molecule has 1 aromatic rings. The smallest absolute Gasteiger partial charge is 0.0801 e. The van der Waals surface area contributed by atoms with E-state index in [0.29, 0.717) is 6.10 Å². The second-order valence-electron chi connectivity index (χ2n) is 4.75. The summed E-state index contributed by atoms with van der Waals surface area (Å²) in [6, 6.07) is 5.90. The summed E-state index contributed by atoms with van der Waals surface area (Å²) < 4.78 is 7.56. The SMILES string of the molecule is OC(CCCC1CCCO1)c1ccc(Br)cc1Br. The molecule has 1 N–H and O–H groups in total. The van der Waals surface area contributed by atoms with E-state index in [-0.39, 0.29) is 0 Å². The molecule has 0 amide bonds. The van der Waals surface area contributed by atoms with E-state index in [4.69, 9.17) is 4.74 Å². The minimum absolute atomic E-state index is 0.395. The van der Waals surface area contributed by atoms with Crippen LogP contribution in [0.15, 0.2) is 27.1 Å². The predicted octanol–water partition coefficient (Wildman–Crippen LogP) is 4.59. The molecule has 2 atom stereocenters. The van der Waals surface area contributed by atoms with E-state index >= 15 is 0 Å². The van der Waals surface area contributed by atoms with Crippen LogP contribution >= 0.6 is 31.9 Å². The highest BCUT2D eigenvalue weighted by molar-refractivity contribution is 9.11. The van der Waals surface area contributed by atoms with Crippen molar-refractivity contribution >= 4 is 31.9 Å². The van der Waals surface area contributed by atoms with Gasteiger partial charge in [-0.3, -0.25) is 0 Å². The van der Waals surface area contributed by atoms with Crippen LogP contribution in [-0.4, -0.2) is 17.8 Å². The van der Waals surface area contributed by atoms with E-state index in [0.717, 1.165) is 40.4 Å². The molecule has 0 saturated carbocycles. The van der Waals surface area contributed by atoms with Crippen LogP contribution < -0.4 is 0 Å². The van der Waals surface area contributed by atoms with Gasteiger partial charge in [-0.2, -0.15) is 0 Å².